The highest BCUT2D eigenvalue weighted by Crippen LogP contribution is 2.26. The Hall–Kier alpha value is -3.40. The zero-order chi connectivity index (χ0) is 21.3. The summed E-state index contributed by atoms with van der Waals surface area (Å²) in [5.41, 5.74) is 0.446. The molecule has 1 amide bonds. The number of nitrogens with zero attached hydrogens (tertiary/aromatic N) is 3. The number of aromatic nitrogens is 3. The maximum Gasteiger partial charge on any atom is 0.274 e. The number of para-hydroxylation sites is 1. The van der Waals surface area contributed by atoms with Crippen LogP contribution in [0.3, 0.4) is 0 Å². The van der Waals surface area contributed by atoms with Gasteiger partial charge in [-0.1, -0.05) is 11.2 Å². The second-order valence-corrected chi connectivity index (χ2v) is 7.07. The topological polar surface area (TPSA) is 73.0 Å². The molecule has 0 unspecified atom stereocenters. The van der Waals surface area contributed by atoms with Gasteiger partial charge >= 0.3 is 0 Å². The van der Waals surface area contributed by atoms with E-state index in [-0.39, 0.29) is 22.7 Å². The average molecular weight is 477 g/mol. The Morgan fingerprint density at radius 2 is 1.83 bits per heavy atom. The first kappa shape index (κ1) is 19.9. The highest BCUT2D eigenvalue weighted by molar-refractivity contribution is 9.10. The van der Waals surface area contributed by atoms with Crippen molar-refractivity contribution in [1.82, 2.24) is 14.7 Å². The summed E-state index contributed by atoms with van der Waals surface area (Å²) in [6.07, 6.45) is 1.59. The fraction of sp³-hybridized carbons (Fsp3) is 0.0500. The minimum absolute atomic E-state index is 0.125. The van der Waals surface area contributed by atoms with Crippen molar-refractivity contribution >= 4 is 27.5 Å². The Morgan fingerprint density at radius 1 is 1.07 bits per heavy atom. The molecule has 4 rings (SSSR count). The van der Waals surface area contributed by atoms with Gasteiger partial charge < -0.3 is 14.4 Å². The van der Waals surface area contributed by atoms with Gasteiger partial charge in [0.05, 0.1) is 4.47 Å². The Morgan fingerprint density at radius 3 is 2.57 bits per heavy atom. The zero-order valence-corrected chi connectivity index (χ0v) is 16.7. The minimum atomic E-state index is -0.872. The van der Waals surface area contributed by atoms with Crippen molar-refractivity contribution < 1.29 is 22.5 Å². The lowest BCUT2D eigenvalue weighted by Crippen LogP contribution is -2.20. The molecule has 0 fully saturated rings. The van der Waals surface area contributed by atoms with Crippen LogP contribution in [-0.4, -0.2) is 20.6 Å². The predicted octanol–water partition coefficient (Wildman–Crippen LogP) is 5.02. The van der Waals surface area contributed by atoms with Crippen LogP contribution in [0.2, 0.25) is 0 Å². The molecule has 0 saturated carbocycles. The van der Waals surface area contributed by atoms with E-state index < -0.39 is 29.0 Å². The summed E-state index contributed by atoms with van der Waals surface area (Å²) >= 11 is 3.10. The molecule has 0 aliphatic rings. The van der Waals surface area contributed by atoms with E-state index in [2.05, 4.69) is 31.4 Å². The summed E-state index contributed by atoms with van der Waals surface area (Å²) in [5, 5.41) is 6.10. The summed E-state index contributed by atoms with van der Waals surface area (Å²) in [7, 11) is 0. The molecule has 4 aromatic rings. The van der Waals surface area contributed by atoms with Crippen LogP contribution in [0.4, 0.5) is 18.9 Å². The monoisotopic (exact) mass is 476 g/mol. The van der Waals surface area contributed by atoms with Crippen molar-refractivity contribution in [1.29, 1.82) is 0 Å². The van der Waals surface area contributed by atoms with E-state index in [1.807, 2.05) is 0 Å². The van der Waals surface area contributed by atoms with E-state index in [9.17, 15) is 18.0 Å². The molecule has 0 aliphatic heterocycles. The number of benzene rings is 2. The Bertz CT molecular complexity index is 1220. The molecule has 6 nitrogen and oxygen atoms in total. The lowest BCUT2D eigenvalue weighted by atomic mass is 10.2. The van der Waals surface area contributed by atoms with Crippen molar-refractivity contribution in [2.45, 2.75) is 6.54 Å². The number of nitrogens with one attached hydrogen (secondary N) is 1. The number of carbonyl (C=O) groups excluding carboxylic acids is 1. The van der Waals surface area contributed by atoms with Crippen molar-refractivity contribution in [2.24, 2.45) is 0 Å². The molecule has 0 spiro atoms. The number of hydrogen-bond donors (Lipinski definition) is 1. The van der Waals surface area contributed by atoms with Crippen LogP contribution >= 0.6 is 15.9 Å². The Labute approximate surface area is 176 Å². The van der Waals surface area contributed by atoms with Gasteiger partial charge in [-0.3, -0.25) is 4.79 Å². The van der Waals surface area contributed by atoms with Gasteiger partial charge in [-0.05, 0) is 58.4 Å². The standard InChI is InChI=1S/C20H12BrF3N4O2/c21-12-9-11(6-7-13(12)22)19-26-20(30-27-19)16-5-2-8-28(16)10-17(29)25-18-14(23)3-1-4-15(18)24/h1-9H,10H2,(H,25,29). The average Bonchev–Trinajstić information content (AvgIpc) is 3.36. The van der Waals surface area contributed by atoms with Crippen LogP contribution in [0.15, 0.2) is 63.7 Å². The highest BCUT2D eigenvalue weighted by atomic mass is 79.9. The van der Waals surface area contributed by atoms with Gasteiger partial charge in [0.15, 0.2) is 0 Å². The number of amides is 1. The highest BCUT2D eigenvalue weighted by Gasteiger charge is 2.17. The third-order valence-electron chi connectivity index (χ3n) is 4.19. The lowest BCUT2D eigenvalue weighted by molar-refractivity contribution is -0.116. The normalized spacial score (nSPS) is 10.9. The zero-order valence-electron chi connectivity index (χ0n) is 15.1. The van der Waals surface area contributed by atoms with Crippen LogP contribution < -0.4 is 5.32 Å². The summed E-state index contributed by atoms with van der Waals surface area (Å²) in [5.74, 6) is -2.45. The molecule has 10 heteroatoms. The maximum absolute atomic E-state index is 13.7. The largest absolute Gasteiger partial charge is 0.334 e. The number of hydrogen-bond acceptors (Lipinski definition) is 4. The number of halogens is 4. The number of anilines is 1. The fourth-order valence-corrected chi connectivity index (χ4v) is 3.16. The first-order chi connectivity index (χ1) is 14.4. The molecule has 0 aliphatic carbocycles. The molecule has 2 aromatic heterocycles. The maximum atomic E-state index is 13.7. The summed E-state index contributed by atoms with van der Waals surface area (Å²) in [4.78, 5) is 16.6. The van der Waals surface area contributed by atoms with Gasteiger partial charge in [0.2, 0.25) is 11.7 Å². The van der Waals surface area contributed by atoms with Crippen LogP contribution in [0.5, 0.6) is 0 Å². The second-order valence-electron chi connectivity index (χ2n) is 6.22. The van der Waals surface area contributed by atoms with Crippen molar-refractivity contribution in [3.63, 3.8) is 0 Å². The van der Waals surface area contributed by atoms with Crippen LogP contribution in [0.25, 0.3) is 23.0 Å². The molecule has 0 saturated heterocycles. The third-order valence-corrected chi connectivity index (χ3v) is 4.80. The summed E-state index contributed by atoms with van der Waals surface area (Å²) in [6, 6.07) is 10.9. The summed E-state index contributed by atoms with van der Waals surface area (Å²) in [6.45, 7) is -0.240. The van der Waals surface area contributed by atoms with Gasteiger partial charge in [-0.2, -0.15) is 4.98 Å². The first-order valence-electron chi connectivity index (χ1n) is 8.61. The molecule has 0 bridgehead atoms. The fourth-order valence-electron chi connectivity index (χ4n) is 2.78. The van der Waals surface area contributed by atoms with E-state index in [0.717, 1.165) is 12.1 Å². The molecular weight excluding hydrogens is 465 g/mol. The molecule has 2 heterocycles. The quantitative estimate of drug-likeness (QED) is 0.438. The third kappa shape index (κ3) is 3.99. The van der Waals surface area contributed by atoms with Crippen molar-refractivity contribution in [3.8, 4) is 23.0 Å². The van der Waals surface area contributed by atoms with Gasteiger partial charge in [0, 0.05) is 11.8 Å². The van der Waals surface area contributed by atoms with E-state index >= 15 is 0 Å². The van der Waals surface area contributed by atoms with E-state index in [4.69, 9.17) is 4.52 Å². The van der Waals surface area contributed by atoms with Crippen molar-refractivity contribution in [3.05, 3.63) is 76.7 Å². The SMILES string of the molecule is O=C(Cn1cccc1-c1nc(-c2ccc(F)c(Br)c2)no1)Nc1c(F)cccc1F. The van der Waals surface area contributed by atoms with E-state index in [1.165, 1.54) is 28.8 Å². The molecule has 1 N–H and O–H groups in total. The smallest absolute Gasteiger partial charge is 0.274 e. The van der Waals surface area contributed by atoms with Gasteiger partial charge in [0.1, 0.15) is 35.4 Å². The lowest BCUT2D eigenvalue weighted by Gasteiger charge is -2.09. The second kappa shape index (κ2) is 8.15. The first-order valence-corrected chi connectivity index (χ1v) is 9.40. The van der Waals surface area contributed by atoms with Gasteiger partial charge in [-0.15, -0.1) is 0 Å². The predicted molar refractivity (Wildman–Crippen MR) is 106 cm³/mol. The van der Waals surface area contributed by atoms with Crippen LogP contribution in [-0.2, 0) is 11.3 Å². The molecule has 30 heavy (non-hydrogen) atoms. The molecule has 0 radical (unpaired) electrons. The van der Waals surface area contributed by atoms with E-state index in [0.29, 0.717) is 11.3 Å². The minimum Gasteiger partial charge on any atom is -0.334 e. The van der Waals surface area contributed by atoms with Crippen LogP contribution in [0, 0.1) is 17.5 Å². The van der Waals surface area contributed by atoms with E-state index in [1.54, 1.807) is 18.3 Å². The molecule has 2 aromatic carbocycles. The molecule has 0 atom stereocenters. The van der Waals surface area contributed by atoms with Gasteiger partial charge in [0.25, 0.3) is 5.89 Å². The van der Waals surface area contributed by atoms with Crippen LogP contribution in [0.1, 0.15) is 0 Å². The summed E-state index contributed by atoms with van der Waals surface area (Å²) < 4.78 is 47.9. The Kier molecular flexibility index (Phi) is 5.40. The van der Waals surface area contributed by atoms with Crippen molar-refractivity contribution in [2.75, 3.05) is 5.32 Å². The van der Waals surface area contributed by atoms with Gasteiger partial charge in [-0.25, -0.2) is 13.2 Å². The Balaban J connectivity index is 1.54. The number of carbonyl (C=O) groups is 1. The molecule has 152 valence electrons. The number of rotatable bonds is 5. The molecular formula is C20H12BrF3N4O2.